The summed E-state index contributed by atoms with van der Waals surface area (Å²) in [7, 11) is 0. The van der Waals surface area contributed by atoms with E-state index in [9.17, 15) is 0 Å². The highest BCUT2D eigenvalue weighted by molar-refractivity contribution is 7.99. The Hall–Kier alpha value is -1.79. The van der Waals surface area contributed by atoms with E-state index in [1.54, 1.807) is 6.33 Å². The number of nitrogens with zero attached hydrogens (tertiary/aromatic N) is 3. The standard InChI is InChI=1S/C13H12ClN5S/c1-2-15-13-18-11-10(16-7-17-11)12(19-13)20-9-6-4-3-5-8(9)14/h3-7H,2H2,1H3,(H2,15,16,17,18,19). The van der Waals surface area contributed by atoms with Crippen LogP contribution in [0.4, 0.5) is 5.95 Å². The number of rotatable bonds is 4. The van der Waals surface area contributed by atoms with Crippen molar-refractivity contribution in [2.45, 2.75) is 16.8 Å². The summed E-state index contributed by atoms with van der Waals surface area (Å²) in [5.74, 6) is 0.571. The van der Waals surface area contributed by atoms with Crippen LogP contribution in [-0.4, -0.2) is 26.5 Å². The molecule has 3 aromatic rings. The van der Waals surface area contributed by atoms with Crippen molar-refractivity contribution in [3.8, 4) is 0 Å². The molecule has 0 fully saturated rings. The normalized spacial score (nSPS) is 10.9. The summed E-state index contributed by atoms with van der Waals surface area (Å²) in [4.78, 5) is 17.1. The number of nitrogens with one attached hydrogen (secondary N) is 2. The minimum absolute atomic E-state index is 0.571. The second-order valence-corrected chi connectivity index (χ2v) is 5.45. The number of H-pyrrole nitrogens is 1. The SMILES string of the molecule is CCNc1nc(Sc2ccccc2Cl)c2[nH]cnc2n1. The molecule has 0 atom stereocenters. The molecule has 1 aromatic carbocycles. The predicted octanol–water partition coefficient (Wildman–Crippen LogP) is 3.59. The third-order valence-electron chi connectivity index (χ3n) is 2.63. The number of hydrogen-bond donors (Lipinski definition) is 2. The van der Waals surface area contributed by atoms with Gasteiger partial charge in [0.2, 0.25) is 5.95 Å². The number of imidazole rings is 1. The van der Waals surface area contributed by atoms with Gasteiger partial charge in [0.1, 0.15) is 10.5 Å². The van der Waals surface area contributed by atoms with E-state index in [1.807, 2.05) is 31.2 Å². The fourth-order valence-electron chi connectivity index (χ4n) is 1.75. The van der Waals surface area contributed by atoms with Gasteiger partial charge < -0.3 is 10.3 Å². The van der Waals surface area contributed by atoms with Crippen LogP contribution in [0.2, 0.25) is 5.02 Å². The van der Waals surface area contributed by atoms with Crippen molar-refractivity contribution in [1.29, 1.82) is 0 Å². The Morgan fingerprint density at radius 3 is 2.95 bits per heavy atom. The van der Waals surface area contributed by atoms with Crippen molar-refractivity contribution in [2.24, 2.45) is 0 Å². The molecule has 0 aliphatic carbocycles. The second kappa shape index (κ2) is 5.68. The summed E-state index contributed by atoms with van der Waals surface area (Å²) >= 11 is 7.69. The number of hydrogen-bond acceptors (Lipinski definition) is 5. The first-order chi connectivity index (χ1) is 9.78. The van der Waals surface area contributed by atoms with Gasteiger partial charge in [0.05, 0.1) is 11.3 Å². The average Bonchev–Trinajstić information content (AvgIpc) is 2.90. The third kappa shape index (κ3) is 2.57. The summed E-state index contributed by atoms with van der Waals surface area (Å²) in [6, 6.07) is 7.68. The number of fused-ring (bicyclic) bond motifs is 1. The zero-order chi connectivity index (χ0) is 13.9. The molecule has 0 aliphatic rings. The number of aromatic amines is 1. The summed E-state index contributed by atoms with van der Waals surface area (Å²) in [5, 5.41) is 4.61. The largest absolute Gasteiger partial charge is 0.354 e. The molecule has 3 rings (SSSR count). The third-order valence-corrected chi connectivity index (χ3v) is 4.14. The second-order valence-electron chi connectivity index (χ2n) is 4.02. The van der Waals surface area contributed by atoms with Gasteiger partial charge in [-0.05, 0) is 19.1 Å². The highest BCUT2D eigenvalue weighted by Crippen LogP contribution is 2.35. The molecule has 2 N–H and O–H groups in total. The molecule has 0 saturated carbocycles. The molecule has 0 radical (unpaired) electrons. The van der Waals surface area contributed by atoms with Gasteiger partial charge in [-0.25, -0.2) is 9.97 Å². The fourth-order valence-corrected chi connectivity index (χ4v) is 2.91. The molecule has 0 saturated heterocycles. The molecule has 0 aliphatic heterocycles. The fraction of sp³-hybridized carbons (Fsp3) is 0.154. The van der Waals surface area contributed by atoms with Crippen molar-refractivity contribution in [1.82, 2.24) is 19.9 Å². The lowest BCUT2D eigenvalue weighted by Crippen LogP contribution is -2.03. The van der Waals surface area contributed by atoms with E-state index in [0.29, 0.717) is 16.6 Å². The molecule has 0 spiro atoms. The Morgan fingerprint density at radius 1 is 1.30 bits per heavy atom. The van der Waals surface area contributed by atoms with Crippen LogP contribution >= 0.6 is 23.4 Å². The topological polar surface area (TPSA) is 66.5 Å². The van der Waals surface area contributed by atoms with E-state index < -0.39 is 0 Å². The van der Waals surface area contributed by atoms with Crippen LogP contribution in [-0.2, 0) is 0 Å². The van der Waals surface area contributed by atoms with Crippen molar-refractivity contribution in [3.05, 3.63) is 35.6 Å². The van der Waals surface area contributed by atoms with E-state index in [1.165, 1.54) is 11.8 Å². The van der Waals surface area contributed by atoms with Gasteiger partial charge in [-0.1, -0.05) is 35.5 Å². The zero-order valence-electron chi connectivity index (χ0n) is 10.7. The van der Waals surface area contributed by atoms with Crippen LogP contribution in [0.15, 0.2) is 40.5 Å². The molecular formula is C13H12ClN5S. The van der Waals surface area contributed by atoms with Gasteiger partial charge in [0, 0.05) is 11.4 Å². The molecular weight excluding hydrogens is 294 g/mol. The molecule has 5 nitrogen and oxygen atoms in total. The van der Waals surface area contributed by atoms with E-state index >= 15 is 0 Å². The van der Waals surface area contributed by atoms with Crippen LogP contribution in [0.1, 0.15) is 6.92 Å². The maximum atomic E-state index is 6.19. The van der Waals surface area contributed by atoms with Crippen LogP contribution < -0.4 is 5.32 Å². The first-order valence-corrected chi connectivity index (χ1v) is 7.34. The first kappa shape index (κ1) is 13.2. The van der Waals surface area contributed by atoms with E-state index in [-0.39, 0.29) is 0 Å². The van der Waals surface area contributed by atoms with Gasteiger partial charge >= 0.3 is 0 Å². The minimum Gasteiger partial charge on any atom is -0.354 e. The number of aromatic nitrogens is 4. The van der Waals surface area contributed by atoms with Crippen LogP contribution in [0.5, 0.6) is 0 Å². The average molecular weight is 306 g/mol. The van der Waals surface area contributed by atoms with Gasteiger partial charge in [0.15, 0.2) is 5.65 Å². The maximum Gasteiger partial charge on any atom is 0.225 e. The summed E-state index contributed by atoms with van der Waals surface area (Å²) < 4.78 is 0. The quantitative estimate of drug-likeness (QED) is 0.721. The maximum absolute atomic E-state index is 6.19. The molecule has 2 aromatic heterocycles. The predicted molar refractivity (Wildman–Crippen MR) is 81.4 cm³/mol. The van der Waals surface area contributed by atoms with E-state index in [0.717, 1.165) is 22.0 Å². The summed E-state index contributed by atoms with van der Waals surface area (Å²) in [6.07, 6.45) is 1.62. The molecule has 20 heavy (non-hydrogen) atoms. The monoisotopic (exact) mass is 305 g/mol. The van der Waals surface area contributed by atoms with Gasteiger partial charge in [-0.2, -0.15) is 4.98 Å². The smallest absolute Gasteiger partial charge is 0.225 e. The Morgan fingerprint density at radius 2 is 2.15 bits per heavy atom. The number of benzene rings is 1. The van der Waals surface area contributed by atoms with Crippen LogP contribution in [0, 0.1) is 0 Å². The first-order valence-electron chi connectivity index (χ1n) is 6.15. The lowest BCUT2D eigenvalue weighted by molar-refractivity contribution is 1.04. The van der Waals surface area contributed by atoms with Crippen molar-refractivity contribution < 1.29 is 0 Å². The Balaban J connectivity index is 2.05. The van der Waals surface area contributed by atoms with Crippen molar-refractivity contribution >= 4 is 40.5 Å². The van der Waals surface area contributed by atoms with E-state index in [2.05, 4.69) is 25.3 Å². The number of halogens is 1. The highest BCUT2D eigenvalue weighted by Gasteiger charge is 2.12. The molecule has 2 heterocycles. The van der Waals surface area contributed by atoms with Crippen LogP contribution in [0.3, 0.4) is 0 Å². The van der Waals surface area contributed by atoms with Crippen LogP contribution in [0.25, 0.3) is 11.2 Å². The van der Waals surface area contributed by atoms with Crippen molar-refractivity contribution in [2.75, 3.05) is 11.9 Å². The van der Waals surface area contributed by atoms with Gasteiger partial charge in [0.25, 0.3) is 0 Å². The molecule has 0 unspecified atom stereocenters. The molecule has 0 amide bonds. The Labute approximate surface area is 125 Å². The lowest BCUT2D eigenvalue weighted by atomic mass is 10.4. The Bertz CT molecular complexity index is 742. The summed E-state index contributed by atoms with van der Waals surface area (Å²) in [5.41, 5.74) is 1.46. The van der Waals surface area contributed by atoms with Gasteiger partial charge in [-0.15, -0.1) is 0 Å². The zero-order valence-corrected chi connectivity index (χ0v) is 12.3. The highest BCUT2D eigenvalue weighted by atomic mass is 35.5. The minimum atomic E-state index is 0.571. The summed E-state index contributed by atoms with van der Waals surface area (Å²) in [6.45, 7) is 2.76. The molecule has 0 bridgehead atoms. The van der Waals surface area contributed by atoms with Crippen molar-refractivity contribution in [3.63, 3.8) is 0 Å². The number of anilines is 1. The molecule has 7 heteroatoms. The lowest BCUT2D eigenvalue weighted by Gasteiger charge is -2.06. The Kier molecular flexibility index (Phi) is 3.75. The van der Waals surface area contributed by atoms with Gasteiger partial charge in [-0.3, -0.25) is 0 Å². The molecule has 102 valence electrons. The van der Waals surface area contributed by atoms with E-state index in [4.69, 9.17) is 11.6 Å².